The van der Waals surface area contributed by atoms with E-state index in [2.05, 4.69) is 59.4 Å². The van der Waals surface area contributed by atoms with Gasteiger partial charge >= 0.3 is 5.97 Å². The molecule has 0 bridgehead atoms. The van der Waals surface area contributed by atoms with Gasteiger partial charge in [0.25, 0.3) is 0 Å². The Morgan fingerprint density at radius 1 is 1.21 bits per heavy atom. The molecule has 2 atom stereocenters. The van der Waals surface area contributed by atoms with Gasteiger partial charge in [-0.05, 0) is 56.9 Å². The number of para-hydroxylation sites is 1. The van der Waals surface area contributed by atoms with E-state index in [9.17, 15) is 4.79 Å². The minimum Gasteiger partial charge on any atom is -0.489 e. The Morgan fingerprint density at radius 3 is 2.71 bits per heavy atom. The molecule has 8 heteroatoms. The Kier molecular flexibility index (Phi) is 8.84. The number of aromatic nitrogens is 3. The van der Waals surface area contributed by atoms with Gasteiger partial charge in [-0.2, -0.15) is 0 Å². The van der Waals surface area contributed by atoms with Crippen molar-refractivity contribution in [2.24, 2.45) is 5.41 Å². The molecule has 38 heavy (non-hydrogen) atoms. The van der Waals surface area contributed by atoms with Crippen molar-refractivity contribution < 1.29 is 19.0 Å². The SMILES string of the molecule is CC[C@@H]1CN(Cc2cc([C@@H](OCc3cn(CC)nn3)C(C)(C)C(=O)OC)ccc2C)Cc2ccccc2O1. The maximum absolute atomic E-state index is 12.8. The number of nitrogens with zero attached hydrogens (tertiary/aromatic N) is 4. The first-order valence-corrected chi connectivity index (χ1v) is 13.4. The number of rotatable bonds is 10. The molecule has 0 N–H and O–H groups in total. The van der Waals surface area contributed by atoms with Gasteiger partial charge in [0.1, 0.15) is 17.5 Å². The average molecular weight is 521 g/mol. The molecule has 3 aromatic rings. The molecule has 8 nitrogen and oxygen atoms in total. The quantitative estimate of drug-likeness (QED) is 0.339. The van der Waals surface area contributed by atoms with Crippen LogP contribution in [-0.4, -0.2) is 45.6 Å². The highest BCUT2D eigenvalue weighted by molar-refractivity contribution is 5.77. The van der Waals surface area contributed by atoms with Gasteiger partial charge in [-0.1, -0.05) is 48.5 Å². The zero-order valence-electron chi connectivity index (χ0n) is 23.4. The minimum absolute atomic E-state index is 0.132. The number of hydrogen-bond acceptors (Lipinski definition) is 7. The molecule has 2 heterocycles. The second-order valence-corrected chi connectivity index (χ2v) is 10.6. The van der Waals surface area contributed by atoms with Crippen LogP contribution in [0.4, 0.5) is 0 Å². The summed E-state index contributed by atoms with van der Waals surface area (Å²) in [5, 5.41) is 8.31. The molecule has 4 rings (SSSR count). The molecule has 0 unspecified atom stereocenters. The fourth-order valence-corrected chi connectivity index (χ4v) is 4.98. The zero-order valence-corrected chi connectivity index (χ0v) is 23.4. The molecule has 1 aliphatic rings. The van der Waals surface area contributed by atoms with Crippen LogP contribution in [0.25, 0.3) is 0 Å². The summed E-state index contributed by atoms with van der Waals surface area (Å²) in [5.74, 6) is 0.648. The molecule has 0 amide bonds. The van der Waals surface area contributed by atoms with Gasteiger partial charge < -0.3 is 14.2 Å². The van der Waals surface area contributed by atoms with Crippen LogP contribution in [0.5, 0.6) is 5.75 Å². The number of esters is 1. The van der Waals surface area contributed by atoms with Crippen LogP contribution in [0.3, 0.4) is 0 Å². The first-order valence-electron chi connectivity index (χ1n) is 13.4. The van der Waals surface area contributed by atoms with Gasteiger partial charge in [0.2, 0.25) is 0 Å². The van der Waals surface area contributed by atoms with Gasteiger partial charge in [-0.3, -0.25) is 14.4 Å². The molecule has 0 fully saturated rings. The van der Waals surface area contributed by atoms with Crippen LogP contribution in [0, 0.1) is 12.3 Å². The van der Waals surface area contributed by atoms with Crippen LogP contribution < -0.4 is 4.74 Å². The van der Waals surface area contributed by atoms with Crippen LogP contribution in [0.1, 0.15) is 68.2 Å². The normalized spacial score (nSPS) is 16.8. The maximum atomic E-state index is 12.8. The van der Waals surface area contributed by atoms with Crippen LogP contribution >= 0.6 is 0 Å². The van der Waals surface area contributed by atoms with E-state index in [1.54, 1.807) is 4.68 Å². The van der Waals surface area contributed by atoms with Crippen molar-refractivity contribution in [1.82, 2.24) is 19.9 Å². The van der Waals surface area contributed by atoms with Crippen molar-refractivity contribution in [3.63, 3.8) is 0 Å². The summed E-state index contributed by atoms with van der Waals surface area (Å²) in [6, 6.07) is 14.6. The lowest BCUT2D eigenvalue weighted by Crippen LogP contribution is -2.34. The topological polar surface area (TPSA) is 78.7 Å². The molecule has 0 saturated carbocycles. The number of carbonyl (C=O) groups is 1. The van der Waals surface area contributed by atoms with E-state index < -0.39 is 11.5 Å². The molecule has 0 radical (unpaired) electrons. The fraction of sp³-hybridized carbons (Fsp3) is 0.500. The van der Waals surface area contributed by atoms with E-state index >= 15 is 0 Å². The monoisotopic (exact) mass is 520 g/mol. The average Bonchev–Trinajstić information content (AvgIpc) is 3.30. The molecule has 1 aromatic heterocycles. The van der Waals surface area contributed by atoms with Crippen molar-refractivity contribution in [3.8, 4) is 5.75 Å². The third-order valence-corrected chi connectivity index (χ3v) is 7.32. The second kappa shape index (κ2) is 12.1. The number of benzene rings is 2. The summed E-state index contributed by atoms with van der Waals surface area (Å²) in [6.45, 7) is 13.4. The Balaban J connectivity index is 1.62. The number of carbonyl (C=O) groups excluding carboxylic acids is 1. The van der Waals surface area contributed by atoms with Gasteiger partial charge in [-0.25, -0.2) is 0 Å². The number of hydrogen-bond donors (Lipinski definition) is 0. The highest BCUT2D eigenvalue weighted by Crippen LogP contribution is 2.39. The van der Waals surface area contributed by atoms with Crippen molar-refractivity contribution >= 4 is 5.97 Å². The summed E-state index contributed by atoms with van der Waals surface area (Å²) in [7, 11) is 1.41. The second-order valence-electron chi connectivity index (χ2n) is 10.6. The van der Waals surface area contributed by atoms with Crippen molar-refractivity contribution in [2.75, 3.05) is 13.7 Å². The Labute approximate surface area is 225 Å². The molecule has 2 aromatic carbocycles. The summed E-state index contributed by atoms with van der Waals surface area (Å²) < 4.78 is 19.6. The molecule has 0 saturated heterocycles. The fourth-order valence-electron chi connectivity index (χ4n) is 4.98. The van der Waals surface area contributed by atoms with Gasteiger partial charge in [0.15, 0.2) is 0 Å². The van der Waals surface area contributed by atoms with Crippen molar-refractivity contribution in [3.05, 3.63) is 76.6 Å². The summed E-state index contributed by atoms with van der Waals surface area (Å²) >= 11 is 0. The number of methoxy groups -OCH3 is 1. The molecule has 0 aliphatic carbocycles. The highest BCUT2D eigenvalue weighted by atomic mass is 16.5. The van der Waals surface area contributed by atoms with E-state index in [0.29, 0.717) is 0 Å². The summed E-state index contributed by atoms with van der Waals surface area (Å²) in [6.07, 6.45) is 2.41. The zero-order chi connectivity index (χ0) is 27.3. The molecule has 204 valence electrons. The van der Waals surface area contributed by atoms with E-state index in [0.717, 1.165) is 49.6 Å². The first-order chi connectivity index (χ1) is 18.2. The third-order valence-electron chi connectivity index (χ3n) is 7.32. The predicted octanol–water partition coefficient (Wildman–Crippen LogP) is 5.24. The van der Waals surface area contributed by atoms with Gasteiger partial charge in [0, 0.05) is 31.7 Å². The highest BCUT2D eigenvalue weighted by Gasteiger charge is 2.40. The van der Waals surface area contributed by atoms with Gasteiger partial charge in [0.05, 0.1) is 31.4 Å². The Morgan fingerprint density at radius 2 is 2.00 bits per heavy atom. The molecular formula is C30H40N4O4. The van der Waals surface area contributed by atoms with Crippen LogP contribution in [-0.2, 0) is 40.5 Å². The largest absolute Gasteiger partial charge is 0.489 e. The predicted molar refractivity (Wildman–Crippen MR) is 145 cm³/mol. The van der Waals surface area contributed by atoms with Gasteiger partial charge in [-0.15, -0.1) is 5.10 Å². The first kappa shape index (κ1) is 27.8. The van der Waals surface area contributed by atoms with E-state index in [-0.39, 0.29) is 18.7 Å². The minimum atomic E-state index is -0.912. The lowest BCUT2D eigenvalue weighted by molar-refractivity contribution is -0.162. The summed E-state index contributed by atoms with van der Waals surface area (Å²) in [5.41, 5.74) is 4.33. The number of aryl methyl sites for hydroxylation is 2. The third kappa shape index (κ3) is 6.25. The summed E-state index contributed by atoms with van der Waals surface area (Å²) in [4.78, 5) is 15.3. The van der Waals surface area contributed by atoms with E-state index in [4.69, 9.17) is 14.2 Å². The molecule has 0 spiro atoms. The number of fused-ring (bicyclic) bond motifs is 1. The lowest BCUT2D eigenvalue weighted by atomic mass is 9.81. The Hall–Kier alpha value is -3.23. The Bertz CT molecular complexity index is 1240. The number of ether oxygens (including phenoxy) is 3. The van der Waals surface area contributed by atoms with Crippen molar-refractivity contribution in [2.45, 2.75) is 79.5 Å². The molecule has 1 aliphatic heterocycles. The van der Waals surface area contributed by atoms with E-state index in [1.807, 2.05) is 39.1 Å². The van der Waals surface area contributed by atoms with E-state index in [1.165, 1.54) is 23.8 Å². The van der Waals surface area contributed by atoms with Crippen molar-refractivity contribution in [1.29, 1.82) is 0 Å². The molecular weight excluding hydrogens is 480 g/mol. The lowest BCUT2D eigenvalue weighted by Gasteiger charge is -2.32. The standard InChI is InChI=1S/C30H40N4O4/c1-7-26-19-33(16-23-11-9-10-12-27(23)38-26)17-24-15-22(14-13-21(24)3)28(30(4,5)29(35)36-6)37-20-25-18-34(8-2)32-31-25/h9-15,18,26,28H,7-8,16-17,19-20H2,1-6H3/t26-,28-/m1/s1. The van der Waals surface area contributed by atoms with Crippen LogP contribution in [0.15, 0.2) is 48.7 Å². The smallest absolute Gasteiger partial charge is 0.314 e. The van der Waals surface area contributed by atoms with Crippen LogP contribution in [0.2, 0.25) is 0 Å². The maximum Gasteiger partial charge on any atom is 0.314 e.